The standard InChI is InChI=1S/C11H15NO2/c1-7-3-9(5-8(2)12)11-10(4-7)13-6-14-11/h3-4,8H,5-6,12H2,1-2H3. The molecule has 1 atom stereocenters. The van der Waals surface area contributed by atoms with Gasteiger partial charge in [0.05, 0.1) is 0 Å². The topological polar surface area (TPSA) is 44.5 Å². The maximum Gasteiger partial charge on any atom is 0.231 e. The van der Waals surface area contributed by atoms with Gasteiger partial charge in [0, 0.05) is 6.04 Å². The highest BCUT2D eigenvalue weighted by Gasteiger charge is 2.18. The van der Waals surface area contributed by atoms with Crippen LogP contribution in [0.2, 0.25) is 0 Å². The van der Waals surface area contributed by atoms with Gasteiger partial charge < -0.3 is 15.2 Å². The summed E-state index contributed by atoms with van der Waals surface area (Å²) in [6, 6.07) is 4.24. The van der Waals surface area contributed by atoms with Gasteiger partial charge in [-0.1, -0.05) is 6.07 Å². The third-order valence-corrected chi connectivity index (χ3v) is 2.24. The average molecular weight is 193 g/mol. The van der Waals surface area contributed by atoms with Crippen LogP contribution in [0.4, 0.5) is 0 Å². The smallest absolute Gasteiger partial charge is 0.231 e. The van der Waals surface area contributed by atoms with Gasteiger partial charge in [-0.05, 0) is 37.5 Å². The minimum Gasteiger partial charge on any atom is -0.454 e. The van der Waals surface area contributed by atoms with Crippen LogP contribution in [0, 0.1) is 6.92 Å². The molecule has 0 aromatic heterocycles. The lowest BCUT2D eigenvalue weighted by Gasteiger charge is -2.09. The first kappa shape index (κ1) is 9.34. The molecular weight excluding hydrogens is 178 g/mol. The molecule has 0 amide bonds. The first-order valence-corrected chi connectivity index (χ1v) is 4.81. The van der Waals surface area contributed by atoms with E-state index in [4.69, 9.17) is 15.2 Å². The third kappa shape index (κ3) is 1.68. The van der Waals surface area contributed by atoms with Crippen LogP contribution in [-0.4, -0.2) is 12.8 Å². The molecule has 76 valence electrons. The van der Waals surface area contributed by atoms with Crippen LogP contribution in [0.25, 0.3) is 0 Å². The zero-order chi connectivity index (χ0) is 10.1. The van der Waals surface area contributed by atoms with Crippen LogP contribution in [0.1, 0.15) is 18.1 Å². The van der Waals surface area contributed by atoms with Crippen molar-refractivity contribution in [2.75, 3.05) is 6.79 Å². The SMILES string of the molecule is Cc1cc(CC(C)N)c2c(c1)OCO2. The van der Waals surface area contributed by atoms with E-state index in [1.165, 1.54) is 5.56 Å². The molecule has 0 radical (unpaired) electrons. The van der Waals surface area contributed by atoms with E-state index in [0.29, 0.717) is 6.79 Å². The normalized spacial score (nSPS) is 15.6. The van der Waals surface area contributed by atoms with Crippen molar-refractivity contribution in [2.24, 2.45) is 5.73 Å². The summed E-state index contributed by atoms with van der Waals surface area (Å²) in [5, 5.41) is 0. The van der Waals surface area contributed by atoms with Crippen molar-refractivity contribution in [3.05, 3.63) is 23.3 Å². The highest BCUT2D eigenvalue weighted by atomic mass is 16.7. The lowest BCUT2D eigenvalue weighted by molar-refractivity contribution is 0.173. The second-order valence-electron chi connectivity index (χ2n) is 3.84. The van der Waals surface area contributed by atoms with Gasteiger partial charge in [-0.2, -0.15) is 0 Å². The minimum atomic E-state index is 0.144. The minimum absolute atomic E-state index is 0.144. The fourth-order valence-corrected chi connectivity index (χ4v) is 1.73. The first-order chi connectivity index (χ1) is 6.66. The summed E-state index contributed by atoms with van der Waals surface area (Å²) in [5.41, 5.74) is 8.10. The molecule has 3 nitrogen and oxygen atoms in total. The van der Waals surface area contributed by atoms with E-state index in [2.05, 4.69) is 6.07 Å². The molecule has 0 spiro atoms. The summed E-state index contributed by atoms with van der Waals surface area (Å²) in [7, 11) is 0. The van der Waals surface area contributed by atoms with Gasteiger partial charge >= 0.3 is 0 Å². The number of fused-ring (bicyclic) bond motifs is 1. The number of aryl methyl sites for hydroxylation is 1. The Kier molecular flexibility index (Phi) is 2.33. The Bertz CT molecular complexity index is 347. The quantitative estimate of drug-likeness (QED) is 0.776. The van der Waals surface area contributed by atoms with Crippen molar-refractivity contribution in [3.8, 4) is 11.5 Å². The van der Waals surface area contributed by atoms with Crippen LogP contribution < -0.4 is 15.2 Å². The van der Waals surface area contributed by atoms with Crippen molar-refractivity contribution in [2.45, 2.75) is 26.3 Å². The first-order valence-electron chi connectivity index (χ1n) is 4.81. The van der Waals surface area contributed by atoms with Gasteiger partial charge in [-0.25, -0.2) is 0 Å². The molecule has 2 N–H and O–H groups in total. The van der Waals surface area contributed by atoms with E-state index in [-0.39, 0.29) is 6.04 Å². The highest BCUT2D eigenvalue weighted by Crippen LogP contribution is 2.37. The molecule has 0 saturated carbocycles. The van der Waals surface area contributed by atoms with Gasteiger partial charge in [0.15, 0.2) is 11.5 Å². The molecule has 0 saturated heterocycles. The molecule has 14 heavy (non-hydrogen) atoms. The number of rotatable bonds is 2. The van der Waals surface area contributed by atoms with Crippen molar-refractivity contribution >= 4 is 0 Å². The second-order valence-corrected chi connectivity index (χ2v) is 3.84. The predicted octanol–water partition coefficient (Wildman–Crippen LogP) is 1.61. The summed E-state index contributed by atoms with van der Waals surface area (Å²) in [4.78, 5) is 0. The lowest BCUT2D eigenvalue weighted by atomic mass is 10.0. The molecule has 1 heterocycles. The molecule has 0 fully saturated rings. The lowest BCUT2D eigenvalue weighted by Crippen LogP contribution is -2.18. The zero-order valence-corrected chi connectivity index (χ0v) is 8.54. The van der Waals surface area contributed by atoms with Gasteiger partial charge in [0.1, 0.15) is 0 Å². The van der Waals surface area contributed by atoms with Gasteiger partial charge in [-0.3, -0.25) is 0 Å². The van der Waals surface area contributed by atoms with Crippen LogP contribution in [0.3, 0.4) is 0 Å². The maximum absolute atomic E-state index is 5.77. The monoisotopic (exact) mass is 193 g/mol. The third-order valence-electron chi connectivity index (χ3n) is 2.24. The van der Waals surface area contributed by atoms with E-state index in [1.54, 1.807) is 0 Å². The fourth-order valence-electron chi connectivity index (χ4n) is 1.73. The number of hydrogen-bond donors (Lipinski definition) is 1. The van der Waals surface area contributed by atoms with E-state index in [9.17, 15) is 0 Å². The number of ether oxygens (including phenoxy) is 2. The van der Waals surface area contributed by atoms with Gasteiger partial charge in [-0.15, -0.1) is 0 Å². The Balaban J connectivity index is 2.38. The van der Waals surface area contributed by atoms with Gasteiger partial charge in [0.2, 0.25) is 6.79 Å². The zero-order valence-electron chi connectivity index (χ0n) is 8.54. The van der Waals surface area contributed by atoms with Crippen LogP contribution in [0.15, 0.2) is 12.1 Å². The molecule has 0 aliphatic carbocycles. The second kappa shape index (κ2) is 3.50. The number of nitrogens with two attached hydrogens (primary N) is 1. The van der Waals surface area contributed by atoms with Crippen LogP contribution >= 0.6 is 0 Å². The molecule has 1 aliphatic rings. The van der Waals surface area contributed by atoms with Crippen molar-refractivity contribution < 1.29 is 9.47 Å². The predicted molar refractivity (Wildman–Crippen MR) is 54.7 cm³/mol. The Morgan fingerprint density at radius 1 is 1.43 bits per heavy atom. The summed E-state index contributed by atoms with van der Waals surface area (Å²) < 4.78 is 10.7. The Labute approximate surface area is 83.8 Å². The number of hydrogen-bond acceptors (Lipinski definition) is 3. The van der Waals surface area contributed by atoms with Crippen LogP contribution in [0.5, 0.6) is 11.5 Å². The molecule has 1 unspecified atom stereocenters. The molecule has 1 aromatic rings. The summed E-state index contributed by atoms with van der Waals surface area (Å²) in [6.07, 6.45) is 0.827. The Hall–Kier alpha value is -1.22. The van der Waals surface area contributed by atoms with E-state index in [0.717, 1.165) is 23.5 Å². The molecule has 3 heteroatoms. The molecule has 2 rings (SSSR count). The summed E-state index contributed by atoms with van der Waals surface area (Å²) >= 11 is 0. The van der Waals surface area contributed by atoms with Crippen molar-refractivity contribution in [1.82, 2.24) is 0 Å². The fraction of sp³-hybridized carbons (Fsp3) is 0.455. The van der Waals surface area contributed by atoms with Crippen LogP contribution in [-0.2, 0) is 6.42 Å². The highest BCUT2D eigenvalue weighted by molar-refractivity contribution is 5.50. The van der Waals surface area contributed by atoms with E-state index >= 15 is 0 Å². The molecule has 0 bridgehead atoms. The van der Waals surface area contributed by atoms with Crippen molar-refractivity contribution in [1.29, 1.82) is 0 Å². The average Bonchev–Trinajstić information content (AvgIpc) is 2.50. The maximum atomic E-state index is 5.77. The van der Waals surface area contributed by atoms with E-state index in [1.807, 2.05) is 19.9 Å². The number of benzene rings is 1. The summed E-state index contributed by atoms with van der Waals surface area (Å²) in [6.45, 7) is 4.36. The summed E-state index contributed by atoms with van der Waals surface area (Å²) in [5.74, 6) is 1.72. The molecule has 1 aromatic carbocycles. The van der Waals surface area contributed by atoms with E-state index < -0.39 is 0 Å². The Morgan fingerprint density at radius 2 is 2.21 bits per heavy atom. The van der Waals surface area contributed by atoms with Crippen molar-refractivity contribution in [3.63, 3.8) is 0 Å². The molecule has 1 aliphatic heterocycles. The van der Waals surface area contributed by atoms with Gasteiger partial charge in [0.25, 0.3) is 0 Å². The largest absolute Gasteiger partial charge is 0.454 e. The Morgan fingerprint density at radius 3 is 2.93 bits per heavy atom. The molecular formula is C11H15NO2.